The van der Waals surface area contributed by atoms with Crippen LogP contribution in [0.3, 0.4) is 0 Å². The standard InChI is InChI=1S/C19H23N5O2/c1-12(2)18-17(13(3)26-22-18)19(25)23-10-5-4-6-15(23)14-8-11-24-16(21-14)7-9-20-24/h7-9,11-12,15H,4-6,10H2,1-3H3/t15-/m1/s1. The van der Waals surface area contributed by atoms with Crippen molar-refractivity contribution in [3.63, 3.8) is 0 Å². The molecule has 1 saturated heterocycles. The molecule has 1 atom stereocenters. The molecule has 0 aliphatic carbocycles. The molecular formula is C19H23N5O2. The van der Waals surface area contributed by atoms with Crippen molar-refractivity contribution in [2.24, 2.45) is 0 Å². The number of carbonyl (C=O) groups excluding carboxylic acids is 1. The Labute approximate surface area is 152 Å². The van der Waals surface area contributed by atoms with Crippen LogP contribution in [-0.4, -0.2) is 37.1 Å². The summed E-state index contributed by atoms with van der Waals surface area (Å²) in [5.41, 5.74) is 3.05. The number of fused-ring (bicyclic) bond motifs is 1. The van der Waals surface area contributed by atoms with Gasteiger partial charge in [0.15, 0.2) is 5.65 Å². The van der Waals surface area contributed by atoms with Gasteiger partial charge in [-0.15, -0.1) is 0 Å². The zero-order valence-electron chi connectivity index (χ0n) is 15.3. The molecule has 3 aromatic heterocycles. The summed E-state index contributed by atoms with van der Waals surface area (Å²) in [5.74, 6) is 0.713. The maximum atomic E-state index is 13.4. The molecule has 3 aromatic rings. The summed E-state index contributed by atoms with van der Waals surface area (Å²) < 4.78 is 7.07. The third kappa shape index (κ3) is 2.77. The molecule has 1 amide bonds. The topological polar surface area (TPSA) is 76.5 Å². The molecule has 7 nitrogen and oxygen atoms in total. The van der Waals surface area contributed by atoms with Gasteiger partial charge in [0.1, 0.15) is 11.3 Å². The molecule has 4 rings (SSSR count). The molecular weight excluding hydrogens is 330 g/mol. The summed E-state index contributed by atoms with van der Waals surface area (Å²) in [4.78, 5) is 20.0. The van der Waals surface area contributed by atoms with Gasteiger partial charge in [-0.3, -0.25) is 4.79 Å². The fourth-order valence-corrected chi connectivity index (χ4v) is 3.68. The lowest BCUT2D eigenvalue weighted by molar-refractivity contribution is 0.0603. The van der Waals surface area contributed by atoms with E-state index in [9.17, 15) is 4.79 Å². The van der Waals surface area contributed by atoms with E-state index in [2.05, 4.69) is 10.3 Å². The molecule has 1 aliphatic rings. The Morgan fingerprint density at radius 2 is 2.15 bits per heavy atom. The summed E-state index contributed by atoms with van der Waals surface area (Å²) in [5, 5.41) is 8.31. The molecule has 0 aromatic carbocycles. The number of piperidine rings is 1. The Bertz CT molecular complexity index is 942. The number of rotatable bonds is 3. The minimum atomic E-state index is -0.0366. The molecule has 0 bridgehead atoms. The van der Waals surface area contributed by atoms with E-state index in [0.717, 1.165) is 42.8 Å². The molecule has 0 spiro atoms. The summed E-state index contributed by atoms with van der Waals surface area (Å²) in [6, 6.07) is 3.80. The molecule has 1 aliphatic heterocycles. The minimum absolute atomic E-state index is 0.00710. The van der Waals surface area contributed by atoms with E-state index in [1.165, 1.54) is 0 Å². The van der Waals surface area contributed by atoms with Crippen molar-refractivity contribution in [3.8, 4) is 0 Å². The van der Waals surface area contributed by atoms with Gasteiger partial charge in [-0.2, -0.15) is 5.10 Å². The Morgan fingerprint density at radius 1 is 1.31 bits per heavy atom. The highest BCUT2D eigenvalue weighted by atomic mass is 16.5. The van der Waals surface area contributed by atoms with Crippen LogP contribution in [0.1, 0.15) is 72.6 Å². The lowest BCUT2D eigenvalue weighted by Gasteiger charge is -2.35. The van der Waals surface area contributed by atoms with Crippen LogP contribution in [-0.2, 0) is 0 Å². The molecule has 1 fully saturated rings. The Morgan fingerprint density at radius 3 is 2.96 bits per heavy atom. The van der Waals surface area contributed by atoms with Crippen LogP contribution < -0.4 is 0 Å². The Balaban J connectivity index is 1.71. The molecule has 0 radical (unpaired) electrons. The van der Waals surface area contributed by atoms with Crippen molar-refractivity contribution < 1.29 is 9.32 Å². The molecule has 0 saturated carbocycles. The zero-order valence-corrected chi connectivity index (χ0v) is 15.3. The van der Waals surface area contributed by atoms with Crippen LogP contribution >= 0.6 is 0 Å². The molecule has 7 heteroatoms. The van der Waals surface area contributed by atoms with Crippen molar-refractivity contribution in [1.29, 1.82) is 0 Å². The van der Waals surface area contributed by atoms with E-state index in [1.807, 2.05) is 44.0 Å². The average Bonchev–Trinajstić information content (AvgIpc) is 3.26. The van der Waals surface area contributed by atoms with Gasteiger partial charge in [-0.1, -0.05) is 19.0 Å². The van der Waals surface area contributed by atoms with Crippen LogP contribution in [0.4, 0.5) is 0 Å². The first-order chi connectivity index (χ1) is 12.6. The number of aromatic nitrogens is 4. The maximum absolute atomic E-state index is 13.4. The van der Waals surface area contributed by atoms with E-state index in [0.29, 0.717) is 11.3 Å². The smallest absolute Gasteiger partial charge is 0.259 e. The van der Waals surface area contributed by atoms with Gasteiger partial charge in [-0.25, -0.2) is 9.50 Å². The maximum Gasteiger partial charge on any atom is 0.259 e. The fraction of sp³-hybridized carbons (Fsp3) is 0.474. The predicted molar refractivity (Wildman–Crippen MR) is 95.9 cm³/mol. The second kappa shape index (κ2) is 6.55. The minimum Gasteiger partial charge on any atom is -0.361 e. The number of amides is 1. The number of carbonyl (C=O) groups is 1. The largest absolute Gasteiger partial charge is 0.361 e. The van der Waals surface area contributed by atoms with E-state index in [-0.39, 0.29) is 17.9 Å². The number of hydrogen-bond acceptors (Lipinski definition) is 5. The van der Waals surface area contributed by atoms with Crippen LogP contribution in [0.5, 0.6) is 0 Å². The van der Waals surface area contributed by atoms with Gasteiger partial charge in [0.2, 0.25) is 0 Å². The van der Waals surface area contributed by atoms with Crippen molar-refractivity contribution in [2.45, 2.75) is 52.0 Å². The monoisotopic (exact) mass is 353 g/mol. The normalized spacial score (nSPS) is 18.0. The van der Waals surface area contributed by atoms with Gasteiger partial charge in [0.05, 0.1) is 23.6 Å². The first-order valence-corrected chi connectivity index (χ1v) is 9.13. The molecule has 26 heavy (non-hydrogen) atoms. The van der Waals surface area contributed by atoms with E-state index < -0.39 is 0 Å². The predicted octanol–water partition coefficient (Wildman–Crippen LogP) is 3.52. The van der Waals surface area contributed by atoms with E-state index in [1.54, 1.807) is 10.7 Å². The van der Waals surface area contributed by atoms with Gasteiger partial charge in [-0.05, 0) is 38.2 Å². The Hall–Kier alpha value is -2.70. The second-order valence-electron chi connectivity index (χ2n) is 7.15. The summed E-state index contributed by atoms with van der Waals surface area (Å²) in [6.07, 6.45) is 6.62. The highest BCUT2D eigenvalue weighted by molar-refractivity contribution is 5.96. The van der Waals surface area contributed by atoms with E-state index in [4.69, 9.17) is 9.51 Å². The third-order valence-corrected chi connectivity index (χ3v) is 5.03. The molecule has 4 heterocycles. The summed E-state index contributed by atoms with van der Waals surface area (Å²) in [7, 11) is 0. The van der Waals surface area contributed by atoms with Crippen LogP contribution in [0, 0.1) is 6.92 Å². The summed E-state index contributed by atoms with van der Waals surface area (Å²) in [6.45, 7) is 6.58. The lowest BCUT2D eigenvalue weighted by Crippen LogP contribution is -2.39. The van der Waals surface area contributed by atoms with Gasteiger partial charge < -0.3 is 9.42 Å². The lowest BCUT2D eigenvalue weighted by atomic mass is 9.96. The van der Waals surface area contributed by atoms with Crippen LogP contribution in [0.2, 0.25) is 0 Å². The van der Waals surface area contributed by atoms with Crippen LogP contribution in [0.15, 0.2) is 29.0 Å². The first kappa shape index (κ1) is 16.8. The van der Waals surface area contributed by atoms with Gasteiger partial charge in [0.25, 0.3) is 5.91 Å². The molecule has 0 N–H and O–H groups in total. The third-order valence-electron chi connectivity index (χ3n) is 5.03. The van der Waals surface area contributed by atoms with Gasteiger partial charge in [0, 0.05) is 18.8 Å². The van der Waals surface area contributed by atoms with Crippen molar-refractivity contribution >= 4 is 11.6 Å². The number of aryl methyl sites for hydroxylation is 1. The fourth-order valence-electron chi connectivity index (χ4n) is 3.68. The van der Waals surface area contributed by atoms with Crippen molar-refractivity contribution in [2.75, 3.05) is 6.54 Å². The highest BCUT2D eigenvalue weighted by Gasteiger charge is 2.33. The van der Waals surface area contributed by atoms with E-state index >= 15 is 0 Å². The van der Waals surface area contributed by atoms with Gasteiger partial charge >= 0.3 is 0 Å². The second-order valence-corrected chi connectivity index (χ2v) is 7.15. The Kier molecular flexibility index (Phi) is 4.22. The first-order valence-electron chi connectivity index (χ1n) is 9.13. The van der Waals surface area contributed by atoms with Crippen molar-refractivity contribution in [1.82, 2.24) is 24.7 Å². The zero-order chi connectivity index (χ0) is 18.3. The number of likely N-dealkylation sites (tertiary alicyclic amines) is 1. The van der Waals surface area contributed by atoms with Crippen molar-refractivity contribution in [3.05, 3.63) is 47.2 Å². The summed E-state index contributed by atoms with van der Waals surface area (Å²) >= 11 is 0. The quantitative estimate of drug-likeness (QED) is 0.720. The molecule has 0 unspecified atom stereocenters. The van der Waals surface area contributed by atoms with Crippen LogP contribution in [0.25, 0.3) is 5.65 Å². The average molecular weight is 353 g/mol. The number of hydrogen-bond donors (Lipinski definition) is 0. The highest BCUT2D eigenvalue weighted by Crippen LogP contribution is 2.33. The molecule has 136 valence electrons. The SMILES string of the molecule is Cc1onc(C(C)C)c1C(=O)N1CCCC[C@@H]1c1ccn2nccc2n1. The number of nitrogens with zero attached hydrogens (tertiary/aromatic N) is 5.